The lowest BCUT2D eigenvalue weighted by atomic mass is 10.0. The minimum Gasteiger partial charge on any atom is -0.338 e. The molecule has 1 amide bonds. The van der Waals surface area contributed by atoms with Crippen LogP contribution in [0.15, 0.2) is 24.3 Å². The zero-order chi connectivity index (χ0) is 13.8. The molecule has 19 heavy (non-hydrogen) atoms. The van der Waals surface area contributed by atoms with Gasteiger partial charge in [-0.15, -0.1) is 0 Å². The van der Waals surface area contributed by atoms with Crippen molar-refractivity contribution in [3.05, 3.63) is 35.4 Å². The van der Waals surface area contributed by atoms with E-state index < -0.39 is 0 Å². The van der Waals surface area contributed by atoms with Crippen LogP contribution in [0, 0.1) is 12.8 Å². The van der Waals surface area contributed by atoms with Crippen LogP contribution in [0.5, 0.6) is 0 Å². The fourth-order valence-electron chi connectivity index (χ4n) is 2.84. The van der Waals surface area contributed by atoms with Crippen molar-refractivity contribution in [2.75, 3.05) is 6.54 Å². The lowest BCUT2D eigenvalue weighted by molar-refractivity contribution is -0.135. The SMILES string of the molecule is CCN(Cc1ccccc1C)C(=O)[C@@H]1CC[C@H](N)C1. The predicted molar refractivity (Wildman–Crippen MR) is 77.6 cm³/mol. The summed E-state index contributed by atoms with van der Waals surface area (Å²) in [6.07, 6.45) is 2.78. The van der Waals surface area contributed by atoms with Crippen LogP contribution in [0.3, 0.4) is 0 Å². The van der Waals surface area contributed by atoms with Gasteiger partial charge in [-0.2, -0.15) is 0 Å². The van der Waals surface area contributed by atoms with Gasteiger partial charge in [-0.1, -0.05) is 24.3 Å². The highest BCUT2D eigenvalue weighted by Crippen LogP contribution is 2.26. The zero-order valence-corrected chi connectivity index (χ0v) is 11.9. The molecular weight excluding hydrogens is 236 g/mol. The molecule has 0 spiro atoms. The van der Waals surface area contributed by atoms with E-state index in [1.165, 1.54) is 11.1 Å². The quantitative estimate of drug-likeness (QED) is 0.904. The van der Waals surface area contributed by atoms with Crippen molar-refractivity contribution in [3.63, 3.8) is 0 Å². The monoisotopic (exact) mass is 260 g/mol. The first-order chi connectivity index (χ1) is 9.11. The van der Waals surface area contributed by atoms with Gasteiger partial charge in [0.25, 0.3) is 0 Å². The highest BCUT2D eigenvalue weighted by molar-refractivity contribution is 5.79. The topological polar surface area (TPSA) is 46.3 Å². The van der Waals surface area contributed by atoms with Crippen molar-refractivity contribution < 1.29 is 4.79 Å². The number of carbonyl (C=O) groups excluding carboxylic acids is 1. The van der Waals surface area contributed by atoms with E-state index in [4.69, 9.17) is 5.73 Å². The number of hydrogen-bond acceptors (Lipinski definition) is 2. The van der Waals surface area contributed by atoms with E-state index in [-0.39, 0.29) is 17.9 Å². The number of aryl methyl sites for hydroxylation is 1. The van der Waals surface area contributed by atoms with Crippen LogP contribution < -0.4 is 5.73 Å². The fraction of sp³-hybridized carbons (Fsp3) is 0.562. The molecule has 3 heteroatoms. The Kier molecular flexibility index (Phi) is 4.59. The summed E-state index contributed by atoms with van der Waals surface area (Å²) in [5, 5.41) is 0. The summed E-state index contributed by atoms with van der Waals surface area (Å²) in [6, 6.07) is 8.48. The number of carbonyl (C=O) groups is 1. The molecule has 2 rings (SSSR count). The van der Waals surface area contributed by atoms with Crippen molar-refractivity contribution in [1.29, 1.82) is 0 Å². The number of rotatable bonds is 4. The maximum Gasteiger partial charge on any atom is 0.226 e. The van der Waals surface area contributed by atoms with E-state index in [2.05, 4.69) is 19.1 Å². The van der Waals surface area contributed by atoms with Crippen molar-refractivity contribution >= 4 is 5.91 Å². The lowest BCUT2D eigenvalue weighted by Crippen LogP contribution is -2.35. The van der Waals surface area contributed by atoms with Gasteiger partial charge in [-0.25, -0.2) is 0 Å². The molecule has 0 aromatic heterocycles. The normalized spacial score (nSPS) is 22.5. The first-order valence-electron chi connectivity index (χ1n) is 7.20. The van der Waals surface area contributed by atoms with Crippen LogP contribution in [0.1, 0.15) is 37.3 Å². The van der Waals surface area contributed by atoms with E-state index in [1.807, 2.05) is 24.0 Å². The highest BCUT2D eigenvalue weighted by atomic mass is 16.2. The summed E-state index contributed by atoms with van der Waals surface area (Å²) in [5.74, 6) is 0.415. The smallest absolute Gasteiger partial charge is 0.226 e. The van der Waals surface area contributed by atoms with Gasteiger partial charge in [-0.3, -0.25) is 4.79 Å². The molecule has 0 saturated heterocycles. The maximum absolute atomic E-state index is 12.5. The van der Waals surface area contributed by atoms with E-state index >= 15 is 0 Å². The van der Waals surface area contributed by atoms with Crippen LogP contribution in [0.4, 0.5) is 0 Å². The Balaban J connectivity index is 2.04. The van der Waals surface area contributed by atoms with Gasteiger partial charge in [0.15, 0.2) is 0 Å². The molecule has 2 atom stereocenters. The summed E-state index contributed by atoms with van der Waals surface area (Å²) in [5.41, 5.74) is 8.39. The molecule has 1 aliphatic carbocycles. The number of hydrogen-bond donors (Lipinski definition) is 1. The van der Waals surface area contributed by atoms with Gasteiger partial charge in [0, 0.05) is 25.0 Å². The second-order valence-corrected chi connectivity index (χ2v) is 5.55. The van der Waals surface area contributed by atoms with E-state index in [0.29, 0.717) is 6.54 Å². The Bertz CT molecular complexity index is 444. The Morgan fingerprint density at radius 3 is 2.68 bits per heavy atom. The number of nitrogens with zero attached hydrogens (tertiary/aromatic N) is 1. The number of benzene rings is 1. The number of nitrogens with two attached hydrogens (primary N) is 1. The van der Waals surface area contributed by atoms with Crippen molar-refractivity contribution in [1.82, 2.24) is 4.90 Å². The first-order valence-corrected chi connectivity index (χ1v) is 7.20. The molecule has 0 unspecified atom stereocenters. The Labute approximate surface area is 115 Å². The zero-order valence-electron chi connectivity index (χ0n) is 11.9. The van der Waals surface area contributed by atoms with Crippen LogP contribution in [0.25, 0.3) is 0 Å². The Hall–Kier alpha value is -1.35. The van der Waals surface area contributed by atoms with Crippen molar-refractivity contribution in [2.24, 2.45) is 11.7 Å². The van der Waals surface area contributed by atoms with Crippen LogP contribution >= 0.6 is 0 Å². The second kappa shape index (κ2) is 6.20. The largest absolute Gasteiger partial charge is 0.338 e. The fourth-order valence-corrected chi connectivity index (χ4v) is 2.84. The molecule has 2 N–H and O–H groups in total. The molecule has 1 saturated carbocycles. The summed E-state index contributed by atoms with van der Waals surface area (Å²) in [7, 11) is 0. The third-order valence-corrected chi connectivity index (χ3v) is 4.14. The lowest BCUT2D eigenvalue weighted by Gasteiger charge is -2.25. The minimum atomic E-state index is 0.138. The van der Waals surface area contributed by atoms with Gasteiger partial charge in [0.2, 0.25) is 5.91 Å². The Morgan fingerprint density at radius 1 is 1.37 bits per heavy atom. The van der Waals surface area contributed by atoms with Crippen LogP contribution in [-0.4, -0.2) is 23.4 Å². The third kappa shape index (κ3) is 3.35. The summed E-state index contributed by atoms with van der Waals surface area (Å²) in [6.45, 7) is 5.62. The van der Waals surface area contributed by atoms with Gasteiger partial charge in [0.05, 0.1) is 0 Å². The van der Waals surface area contributed by atoms with E-state index in [9.17, 15) is 4.79 Å². The molecule has 0 bridgehead atoms. The molecule has 1 aromatic carbocycles. The summed E-state index contributed by atoms with van der Waals surface area (Å²) in [4.78, 5) is 14.5. The average Bonchev–Trinajstić information content (AvgIpc) is 2.84. The van der Waals surface area contributed by atoms with Crippen molar-refractivity contribution in [2.45, 2.75) is 45.7 Å². The molecule has 1 aromatic rings. The molecule has 104 valence electrons. The minimum absolute atomic E-state index is 0.138. The average molecular weight is 260 g/mol. The summed E-state index contributed by atoms with van der Waals surface area (Å²) < 4.78 is 0. The van der Waals surface area contributed by atoms with Gasteiger partial charge in [0.1, 0.15) is 0 Å². The van der Waals surface area contributed by atoms with Gasteiger partial charge < -0.3 is 10.6 Å². The standard InChI is InChI=1S/C16H24N2O/c1-3-18(11-14-7-5-4-6-12(14)2)16(19)13-8-9-15(17)10-13/h4-7,13,15H,3,8-11,17H2,1-2H3/t13-,15+/m1/s1. The van der Waals surface area contributed by atoms with Gasteiger partial charge >= 0.3 is 0 Å². The van der Waals surface area contributed by atoms with Crippen LogP contribution in [0.2, 0.25) is 0 Å². The van der Waals surface area contributed by atoms with E-state index in [1.54, 1.807) is 0 Å². The molecular formula is C16H24N2O. The first kappa shape index (κ1) is 14.1. The highest BCUT2D eigenvalue weighted by Gasteiger charge is 2.30. The molecule has 3 nitrogen and oxygen atoms in total. The molecule has 0 heterocycles. The summed E-state index contributed by atoms with van der Waals surface area (Å²) >= 11 is 0. The van der Waals surface area contributed by atoms with Gasteiger partial charge in [-0.05, 0) is 44.2 Å². The molecule has 1 fully saturated rings. The molecule has 0 aliphatic heterocycles. The Morgan fingerprint density at radius 2 is 2.11 bits per heavy atom. The number of amides is 1. The van der Waals surface area contributed by atoms with E-state index in [0.717, 1.165) is 25.8 Å². The van der Waals surface area contributed by atoms with Crippen LogP contribution in [-0.2, 0) is 11.3 Å². The third-order valence-electron chi connectivity index (χ3n) is 4.14. The van der Waals surface area contributed by atoms with Crippen molar-refractivity contribution in [3.8, 4) is 0 Å². The second-order valence-electron chi connectivity index (χ2n) is 5.55. The molecule has 0 radical (unpaired) electrons. The maximum atomic E-state index is 12.5. The molecule has 1 aliphatic rings. The predicted octanol–water partition coefficient (Wildman–Crippen LogP) is 2.47.